The normalized spacial score (nSPS) is 11.3. The van der Waals surface area contributed by atoms with Crippen LogP contribution in [0.25, 0.3) is 22.1 Å². The molecule has 6 N–H and O–H groups in total. The number of carbonyl (C=O) groups excluding carboxylic acids is 2. The van der Waals surface area contributed by atoms with Crippen molar-refractivity contribution in [1.82, 2.24) is 41.2 Å². The van der Waals surface area contributed by atoms with Crippen LogP contribution >= 0.6 is 0 Å². The zero-order valence-electron chi connectivity index (χ0n) is 28.3. The van der Waals surface area contributed by atoms with Crippen LogP contribution in [0.15, 0.2) is 117 Å². The molecule has 0 atom stereocenters. The average Bonchev–Trinajstić information content (AvgIpc) is 3.16. The molecule has 0 spiro atoms. The van der Waals surface area contributed by atoms with Crippen LogP contribution in [0, 0.1) is 0 Å². The average molecular weight is 699 g/mol. The first-order chi connectivity index (χ1) is 25.4. The van der Waals surface area contributed by atoms with Crippen LogP contribution < -0.4 is 32.4 Å². The van der Waals surface area contributed by atoms with Gasteiger partial charge in [0.1, 0.15) is 11.3 Å². The molecule has 2 aromatic carbocycles. The number of hydrogen-bond donors (Lipinski definition) is 6. The number of nitrogens with zero attached hydrogens (tertiary/aromatic N) is 4. The second kappa shape index (κ2) is 17.5. The van der Waals surface area contributed by atoms with Gasteiger partial charge in [0.15, 0.2) is 0 Å². The van der Waals surface area contributed by atoms with Crippen LogP contribution in [0.5, 0.6) is 0 Å². The Balaban J connectivity index is 0.838. The molecule has 264 valence electrons. The first-order valence-corrected chi connectivity index (χ1v) is 16.9. The summed E-state index contributed by atoms with van der Waals surface area (Å²) >= 11 is 0. The van der Waals surface area contributed by atoms with Crippen molar-refractivity contribution < 1.29 is 9.59 Å². The van der Waals surface area contributed by atoms with Crippen LogP contribution in [0.2, 0.25) is 0 Å². The van der Waals surface area contributed by atoms with E-state index in [1.165, 1.54) is 12.1 Å². The quantitative estimate of drug-likeness (QED) is 0.0639. The van der Waals surface area contributed by atoms with Gasteiger partial charge in [0.2, 0.25) is 22.9 Å². The SMILES string of the molecule is O=C(CCNCc1ccc(N=Nc2ccc(CNCCC(=O)NCc3ccc4ccc(=O)[nH]c4n3)cc2)cc1)NCc1ccc2ccc(=O)[nH]c2n1. The summed E-state index contributed by atoms with van der Waals surface area (Å²) in [5.74, 6) is -0.186. The number of H-pyrrole nitrogens is 2. The topological polar surface area (TPSA) is 198 Å². The van der Waals surface area contributed by atoms with E-state index in [0.717, 1.165) is 33.3 Å². The van der Waals surface area contributed by atoms with Crippen molar-refractivity contribution >= 4 is 45.3 Å². The Bertz CT molecular complexity index is 2140. The number of pyridine rings is 4. The molecule has 0 aliphatic rings. The monoisotopic (exact) mass is 698 g/mol. The van der Waals surface area contributed by atoms with Crippen molar-refractivity contribution in [3.63, 3.8) is 0 Å². The number of fused-ring (bicyclic) bond motifs is 2. The van der Waals surface area contributed by atoms with E-state index < -0.39 is 0 Å². The van der Waals surface area contributed by atoms with Gasteiger partial charge < -0.3 is 31.2 Å². The number of azo groups is 1. The lowest BCUT2D eigenvalue weighted by molar-refractivity contribution is -0.122. The molecular weight excluding hydrogens is 660 g/mol. The molecular formula is C38H38N10O4. The molecule has 0 unspecified atom stereocenters. The van der Waals surface area contributed by atoms with E-state index in [4.69, 9.17) is 0 Å². The van der Waals surface area contributed by atoms with E-state index >= 15 is 0 Å². The largest absolute Gasteiger partial charge is 0.350 e. The van der Waals surface area contributed by atoms with Gasteiger partial charge in [-0.05, 0) is 71.8 Å². The number of amides is 2. The van der Waals surface area contributed by atoms with E-state index in [0.29, 0.717) is 61.7 Å². The Morgan fingerprint density at radius 3 is 1.35 bits per heavy atom. The van der Waals surface area contributed by atoms with Gasteiger partial charge in [-0.3, -0.25) is 19.2 Å². The molecule has 52 heavy (non-hydrogen) atoms. The van der Waals surface area contributed by atoms with Crippen molar-refractivity contribution in [3.8, 4) is 0 Å². The molecule has 0 aliphatic heterocycles. The molecule has 6 rings (SSSR count). The maximum Gasteiger partial charge on any atom is 0.249 e. The Hall–Kier alpha value is -6.38. The molecule has 2 amide bonds. The number of rotatable bonds is 16. The molecule has 0 fully saturated rings. The third kappa shape index (κ3) is 10.6. The molecule has 0 radical (unpaired) electrons. The summed E-state index contributed by atoms with van der Waals surface area (Å²) < 4.78 is 0. The number of aromatic nitrogens is 4. The third-order valence-electron chi connectivity index (χ3n) is 8.08. The third-order valence-corrected chi connectivity index (χ3v) is 8.08. The fourth-order valence-electron chi connectivity index (χ4n) is 5.24. The summed E-state index contributed by atoms with van der Waals surface area (Å²) in [6.45, 7) is 2.82. The standard InChI is InChI=1S/C38H38N10O4/c49-33(41-23-31-13-5-27-7-15-35(51)45-37(27)43-31)17-19-39-21-25-1-9-29(10-2-25)47-48-30-11-3-26(4-12-30)22-40-20-18-34(50)42-24-32-14-6-28-8-16-36(52)46-38(28)44-32/h1-16,39-40H,17-24H2,(H,41,49)(H,42,50)(H,43,45,51)(H,44,46,52). The molecule has 0 aliphatic carbocycles. The Morgan fingerprint density at radius 2 is 0.923 bits per heavy atom. The van der Waals surface area contributed by atoms with Gasteiger partial charge >= 0.3 is 0 Å². The summed E-state index contributed by atoms with van der Waals surface area (Å²) in [4.78, 5) is 61.8. The summed E-state index contributed by atoms with van der Waals surface area (Å²) in [5.41, 5.74) is 5.48. The predicted octanol–water partition coefficient (Wildman–Crippen LogP) is 4.17. The van der Waals surface area contributed by atoms with Gasteiger partial charge in [-0.25, -0.2) is 9.97 Å². The van der Waals surface area contributed by atoms with Gasteiger partial charge in [0.05, 0.1) is 35.9 Å². The smallest absolute Gasteiger partial charge is 0.249 e. The number of benzene rings is 2. The van der Waals surface area contributed by atoms with E-state index in [-0.39, 0.29) is 36.0 Å². The summed E-state index contributed by atoms with van der Waals surface area (Å²) in [6, 6.07) is 29.2. The van der Waals surface area contributed by atoms with E-state index in [9.17, 15) is 19.2 Å². The van der Waals surface area contributed by atoms with Gasteiger partial charge in [-0.15, -0.1) is 0 Å². The number of carbonyl (C=O) groups is 2. The highest BCUT2D eigenvalue weighted by Crippen LogP contribution is 2.19. The van der Waals surface area contributed by atoms with Crippen LogP contribution in [0.3, 0.4) is 0 Å². The summed E-state index contributed by atoms with van der Waals surface area (Å²) in [7, 11) is 0. The second-order valence-corrected chi connectivity index (χ2v) is 12.1. The lowest BCUT2D eigenvalue weighted by Crippen LogP contribution is -2.27. The van der Waals surface area contributed by atoms with Crippen LogP contribution in [0.4, 0.5) is 11.4 Å². The zero-order chi connectivity index (χ0) is 36.1. The molecule has 0 bridgehead atoms. The molecule has 14 nitrogen and oxygen atoms in total. The van der Waals surface area contributed by atoms with Crippen molar-refractivity contribution in [1.29, 1.82) is 0 Å². The lowest BCUT2D eigenvalue weighted by atomic mass is 10.2. The predicted molar refractivity (Wildman–Crippen MR) is 198 cm³/mol. The van der Waals surface area contributed by atoms with Crippen molar-refractivity contribution in [2.24, 2.45) is 10.2 Å². The maximum absolute atomic E-state index is 12.3. The number of hydrogen-bond acceptors (Lipinski definition) is 10. The first kappa shape index (κ1) is 35.4. The van der Waals surface area contributed by atoms with Crippen LogP contribution in [-0.2, 0) is 35.8 Å². The van der Waals surface area contributed by atoms with Crippen molar-refractivity contribution in [3.05, 3.63) is 140 Å². The van der Waals surface area contributed by atoms with E-state index in [2.05, 4.69) is 51.4 Å². The molecule has 0 saturated heterocycles. The molecule has 14 heteroatoms. The summed E-state index contributed by atoms with van der Waals surface area (Å²) in [6.07, 6.45) is 0.639. The van der Waals surface area contributed by atoms with Gasteiger partial charge in [0, 0.05) is 61.9 Å². The molecule has 4 aromatic heterocycles. The fraction of sp³-hybridized carbons (Fsp3) is 0.211. The van der Waals surface area contributed by atoms with E-state index in [1.54, 1.807) is 12.1 Å². The minimum atomic E-state index is -0.216. The van der Waals surface area contributed by atoms with E-state index in [1.807, 2.05) is 72.8 Å². The van der Waals surface area contributed by atoms with Crippen molar-refractivity contribution in [2.75, 3.05) is 13.1 Å². The van der Waals surface area contributed by atoms with Gasteiger partial charge in [0.25, 0.3) is 0 Å². The highest BCUT2D eigenvalue weighted by molar-refractivity contribution is 5.77. The maximum atomic E-state index is 12.3. The molecule has 6 aromatic rings. The Kier molecular flexibility index (Phi) is 11.9. The highest BCUT2D eigenvalue weighted by Gasteiger charge is 2.06. The number of aromatic amines is 2. The minimum absolute atomic E-state index is 0.0928. The van der Waals surface area contributed by atoms with Crippen LogP contribution in [0.1, 0.15) is 35.4 Å². The van der Waals surface area contributed by atoms with Gasteiger partial charge in [-0.1, -0.05) is 24.3 Å². The summed E-state index contributed by atoms with van der Waals surface area (Å²) in [5, 5.41) is 22.6. The molecule has 4 heterocycles. The fourth-order valence-corrected chi connectivity index (χ4v) is 5.24. The second-order valence-electron chi connectivity index (χ2n) is 12.1. The Morgan fingerprint density at radius 1 is 0.519 bits per heavy atom. The minimum Gasteiger partial charge on any atom is -0.350 e. The van der Waals surface area contributed by atoms with Crippen LogP contribution in [-0.4, -0.2) is 44.8 Å². The van der Waals surface area contributed by atoms with Gasteiger partial charge in [-0.2, -0.15) is 10.2 Å². The Labute approximate surface area is 298 Å². The molecule has 0 saturated carbocycles. The first-order valence-electron chi connectivity index (χ1n) is 16.9. The lowest BCUT2D eigenvalue weighted by Gasteiger charge is -2.07. The van der Waals surface area contributed by atoms with Crippen molar-refractivity contribution in [2.45, 2.75) is 39.0 Å². The number of nitrogens with one attached hydrogen (secondary N) is 6. The zero-order valence-corrected chi connectivity index (χ0v) is 28.3. The highest BCUT2D eigenvalue weighted by atomic mass is 16.2.